The summed E-state index contributed by atoms with van der Waals surface area (Å²) < 4.78 is 0. The van der Waals surface area contributed by atoms with Crippen LogP contribution >= 0.6 is 0 Å². The van der Waals surface area contributed by atoms with Gasteiger partial charge in [-0.05, 0) is 48.9 Å². The van der Waals surface area contributed by atoms with E-state index in [1.165, 1.54) is 0 Å². The van der Waals surface area contributed by atoms with Crippen LogP contribution in [-0.2, 0) is 11.2 Å². The largest absolute Gasteiger partial charge is 0.508 e. The zero-order valence-electron chi connectivity index (χ0n) is 11.9. The molecule has 3 aliphatic heterocycles. The highest BCUT2D eigenvalue weighted by molar-refractivity contribution is 5.86. The van der Waals surface area contributed by atoms with Crippen molar-refractivity contribution in [2.24, 2.45) is 23.5 Å². The van der Waals surface area contributed by atoms with Crippen LogP contribution < -0.4 is 16.4 Å². The van der Waals surface area contributed by atoms with Gasteiger partial charge in [0.1, 0.15) is 11.3 Å². The summed E-state index contributed by atoms with van der Waals surface area (Å²) in [6.45, 7) is 1.88. The second-order valence-electron chi connectivity index (χ2n) is 6.76. The van der Waals surface area contributed by atoms with E-state index in [1.807, 2.05) is 12.1 Å². The maximum Gasteiger partial charge on any atom is 0.238 e. The van der Waals surface area contributed by atoms with Gasteiger partial charge in [-0.3, -0.25) is 4.79 Å². The van der Waals surface area contributed by atoms with Crippen LogP contribution in [0.3, 0.4) is 0 Å². The van der Waals surface area contributed by atoms with Gasteiger partial charge in [0.2, 0.25) is 5.91 Å². The zero-order valence-corrected chi connectivity index (χ0v) is 11.9. The van der Waals surface area contributed by atoms with Gasteiger partial charge in [-0.15, -0.1) is 0 Å². The number of piperidine rings is 2. The number of carbonyl (C=O) groups is 1. The Kier molecular flexibility index (Phi) is 2.78. The van der Waals surface area contributed by atoms with Crippen LogP contribution in [-0.4, -0.2) is 35.7 Å². The molecular weight excluding hydrogens is 266 g/mol. The minimum atomic E-state index is -0.578. The molecule has 1 aromatic rings. The van der Waals surface area contributed by atoms with Crippen molar-refractivity contribution < 1.29 is 9.90 Å². The maximum absolute atomic E-state index is 12.2. The summed E-state index contributed by atoms with van der Waals surface area (Å²) in [5.41, 5.74) is 6.35. The molecule has 5 unspecified atom stereocenters. The van der Waals surface area contributed by atoms with E-state index in [4.69, 9.17) is 5.73 Å². The number of aromatic hydroxyl groups is 1. The van der Waals surface area contributed by atoms with E-state index < -0.39 is 5.54 Å². The molecule has 4 bridgehead atoms. The quantitative estimate of drug-likeness (QED) is 0.629. The summed E-state index contributed by atoms with van der Waals surface area (Å²) in [5, 5.41) is 16.5. The summed E-state index contributed by atoms with van der Waals surface area (Å²) in [4.78, 5) is 12.2. The van der Waals surface area contributed by atoms with E-state index in [1.54, 1.807) is 12.1 Å². The molecule has 5 rings (SSSR count). The highest BCUT2D eigenvalue weighted by Gasteiger charge is 2.62. The number of amides is 1. The number of benzene rings is 1. The van der Waals surface area contributed by atoms with Crippen molar-refractivity contribution >= 4 is 5.91 Å². The van der Waals surface area contributed by atoms with Crippen LogP contribution in [0.4, 0.5) is 0 Å². The van der Waals surface area contributed by atoms with E-state index in [-0.39, 0.29) is 17.6 Å². The van der Waals surface area contributed by atoms with Crippen molar-refractivity contribution in [3.63, 3.8) is 0 Å². The SMILES string of the molecule is NC(=O)C12CC3CNC(C3CN1)C2Cc1ccc(O)cc1. The summed E-state index contributed by atoms with van der Waals surface area (Å²) in [7, 11) is 0. The van der Waals surface area contributed by atoms with Crippen molar-refractivity contribution in [2.45, 2.75) is 24.4 Å². The number of carbonyl (C=O) groups excluding carboxylic acids is 1. The number of nitrogens with two attached hydrogens (primary N) is 1. The molecule has 112 valence electrons. The van der Waals surface area contributed by atoms with Crippen molar-refractivity contribution in [2.75, 3.05) is 13.1 Å². The minimum Gasteiger partial charge on any atom is -0.508 e. The van der Waals surface area contributed by atoms with E-state index >= 15 is 0 Å². The number of fused-ring (bicyclic) bond motifs is 1. The molecule has 1 aliphatic carbocycles. The predicted octanol–water partition coefficient (Wildman–Crippen LogP) is -0.0139. The average Bonchev–Trinajstić information content (AvgIpc) is 2.83. The standard InChI is InChI=1S/C16H21N3O2/c17-15(21)16-6-10-7-18-14(12(10)8-19-16)13(16)5-9-1-3-11(20)4-2-9/h1-4,10,12-14,18-20H,5-8H2,(H2,17,21). The molecule has 0 aromatic heterocycles. The fourth-order valence-corrected chi connectivity index (χ4v) is 4.77. The zero-order chi connectivity index (χ0) is 14.6. The highest BCUT2D eigenvalue weighted by Crippen LogP contribution is 2.49. The molecule has 4 aliphatic rings. The Bertz CT molecular complexity index is 573. The first-order chi connectivity index (χ1) is 10.1. The number of nitrogens with one attached hydrogen (secondary N) is 2. The summed E-state index contributed by atoms with van der Waals surface area (Å²) in [5.74, 6) is 1.40. The van der Waals surface area contributed by atoms with E-state index in [0.717, 1.165) is 31.5 Å². The first kappa shape index (κ1) is 13.1. The molecule has 5 atom stereocenters. The summed E-state index contributed by atoms with van der Waals surface area (Å²) in [6.07, 6.45) is 1.65. The van der Waals surface area contributed by atoms with Crippen molar-refractivity contribution in [3.8, 4) is 5.75 Å². The second-order valence-corrected chi connectivity index (χ2v) is 6.76. The number of phenolic OH excluding ortho intramolecular Hbond substituents is 1. The Morgan fingerprint density at radius 1 is 1.33 bits per heavy atom. The van der Waals surface area contributed by atoms with Gasteiger partial charge in [-0.1, -0.05) is 12.1 Å². The van der Waals surface area contributed by atoms with E-state index in [2.05, 4.69) is 10.6 Å². The summed E-state index contributed by atoms with van der Waals surface area (Å²) >= 11 is 0. The monoisotopic (exact) mass is 287 g/mol. The van der Waals surface area contributed by atoms with Crippen molar-refractivity contribution in [3.05, 3.63) is 29.8 Å². The lowest BCUT2D eigenvalue weighted by Gasteiger charge is -2.54. The third kappa shape index (κ3) is 1.80. The second kappa shape index (κ2) is 4.45. The topological polar surface area (TPSA) is 87.4 Å². The van der Waals surface area contributed by atoms with Gasteiger partial charge in [0.05, 0.1) is 0 Å². The molecule has 0 radical (unpaired) electrons. The first-order valence-corrected chi connectivity index (χ1v) is 7.66. The van der Waals surface area contributed by atoms with Crippen LogP contribution in [0, 0.1) is 17.8 Å². The molecule has 1 saturated carbocycles. The lowest BCUT2D eigenvalue weighted by molar-refractivity contribution is -0.133. The molecule has 4 fully saturated rings. The van der Waals surface area contributed by atoms with Gasteiger partial charge in [-0.25, -0.2) is 0 Å². The molecule has 1 aromatic carbocycles. The van der Waals surface area contributed by atoms with Gasteiger partial charge in [0.15, 0.2) is 0 Å². The Hall–Kier alpha value is -1.59. The maximum atomic E-state index is 12.2. The van der Waals surface area contributed by atoms with E-state index in [0.29, 0.717) is 17.9 Å². The summed E-state index contributed by atoms with van der Waals surface area (Å²) in [6, 6.07) is 7.63. The predicted molar refractivity (Wildman–Crippen MR) is 78.6 cm³/mol. The number of hydrogen-bond donors (Lipinski definition) is 4. The Labute approximate surface area is 123 Å². The Balaban J connectivity index is 1.68. The van der Waals surface area contributed by atoms with Gasteiger partial charge >= 0.3 is 0 Å². The molecule has 5 nitrogen and oxygen atoms in total. The van der Waals surface area contributed by atoms with Crippen LogP contribution in [0.25, 0.3) is 0 Å². The van der Waals surface area contributed by atoms with E-state index in [9.17, 15) is 9.90 Å². The van der Waals surface area contributed by atoms with Crippen LogP contribution in [0.15, 0.2) is 24.3 Å². The lowest BCUT2D eigenvalue weighted by atomic mass is 9.58. The minimum absolute atomic E-state index is 0.178. The Morgan fingerprint density at radius 3 is 2.81 bits per heavy atom. The smallest absolute Gasteiger partial charge is 0.238 e. The third-order valence-electron chi connectivity index (χ3n) is 5.82. The number of phenols is 1. The lowest BCUT2D eigenvalue weighted by Crippen LogP contribution is -2.73. The van der Waals surface area contributed by atoms with Gasteiger partial charge in [-0.2, -0.15) is 0 Å². The molecule has 1 amide bonds. The molecule has 0 spiro atoms. The highest BCUT2D eigenvalue weighted by atomic mass is 16.3. The van der Waals surface area contributed by atoms with Crippen LogP contribution in [0.1, 0.15) is 12.0 Å². The van der Waals surface area contributed by atoms with Gasteiger partial charge in [0, 0.05) is 18.5 Å². The first-order valence-electron chi connectivity index (χ1n) is 7.66. The van der Waals surface area contributed by atoms with Gasteiger partial charge in [0.25, 0.3) is 0 Å². The molecule has 3 saturated heterocycles. The third-order valence-corrected chi connectivity index (χ3v) is 5.82. The molecule has 21 heavy (non-hydrogen) atoms. The molecule has 3 heterocycles. The fraction of sp³-hybridized carbons (Fsp3) is 0.562. The molecule has 5 N–H and O–H groups in total. The molecular formula is C16H21N3O2. The van der Waals surface area contributed by atoms with Gasteiger partial charge < -0.3 is 21.5 Å². The normalized spacial score (nSPS) is 40.4. The van der Waals surface area contributed by atoms with Crippen molar-refractivity contribution in [1.82, 2.24) is 10.6 Å². The van der Waals surface area contributed by atoms with Crippen LogP contribution in [0.2, 0.25) is 0 Å². The number of hydrogen-bond acceptors (Lipinski definition) is 4. The van der Waals surface area contributed by atoms with Crippen LogP contribution in [0.5, 0.6) is 5.75 Å². The van der Waals surface area contributed by atoms with Crippen molar-refractivity contribution in [1.29, 1.82) is 0 Å². The average molecular weight is 287 g/mol. The fourth-order valence-electron chi connectivity index (χ4n) is 4.77. The molecule has 5 heteroatoms. The number of rotatable bonds is 3. The Morgan fingerprint density at radius 2 is 2.10 bits per heavy atom. The number of primary amides is 1.